The molecule has 1 saturated heterocycles. The first-order chi connectivity index (χ1) is 17.3. The molecule has 0 bridgehead atoms. The van der Waals surface area contributed by atoms with Gasteiger partial charge in [0.25, 0.3) is 5.24 Å². The van der Waals surface area contributed by atoms with Crippen molar-refractivity contribution >= 4 is 28.9 Å². The summed E-state index contributed by atoms with van der Waals surface area (Å²) in [5, 5.41) is 11.1. The second-order valence-corrected chi connectivity index (χ2v) is 11.7. The van der Waals surface area contributed by atoms with Crippen LogP contribution in [0.2, 0.25) is 0 Å². The molecule has 2 aromatic carbocycles. The van der Waals surface area contributed by atoms with E-state index < -0.39 is 22.4 Å². The third kappa shape index (κ3) is 5.56. The highest BCUT2D eigenvalue weighted by Gasteiger charge is 2.37. The van der Waals surface area contributed by atoms with E-state index in [2.05, 4.69) is 5.32 Å². The molecule has 37 heavy (non-hydrogen) atoms. The second-order valence-electron chi connectivity index (χ2n) is 10.5. The van der Waals surface area contributed by atoms with Crippen molar-refractivity contribution in [3.63, 3.8) is 0 Å². The predicted octanol–water partition coefficient (Wildman–Crippen LogP) is 4.91. The maximum absolute atomic E-state index is 11.8. The van der Waals surface area contributed by atoms with Crippen LogP contribution >= 0.6 is 11.8 Å². The van der Waals surface area contributed by atoms with Crippen molar-refractivity contribution in [1.29, 1.82) is 0 Å². The van der Waals surface area contributed by atoms with Crippen molar-refractivity contribution in [2.45, 2.75) is 77.3 Å². The highest BCUT2D eigenvalue weighted by Crippen LogP contribution is 2.44. The summed E-state index contributed by atoms with van der Waals surface area (Å²) in [5.74, 6) is 0.842. The Labute approximate surface area is 221 Å². The number of imide groups is 1. The van der Waals surface area contributed by atoms with Gasteiger partial charge in [-0.15, -0.1) is 0 Å². The zero-order valence-electron chi connectivity index (χ0n) is 22.0. The number of rotatable bonds is 8. The summed E-state index contributed by atoms with van der Waals surface area (Å²) >= 11 is 1.02. The van der Waals surface area contributed by atoms with Crippen molar-refractivity contribution in [3.8, 4) is 17.2 Å². The van der Waals surface area contributed by atoms with Crippen molar-refractivity contribution in [3.05, 3.63) is 52.1 Å². The Bertz CT molecular complexity index is 1250. The molecule has 2 atom stereocenters. The van der Waals surface area contributed by atoms with Crippen LogP contribution in [0.1, 0.15) is 55.0 Å². The molecule has 0 aliphatic carbocycles. The smallest absolute Gasteiger partial charge is 0.347 e. The monoisotopic (exact) mass is 527 g/mol. The number of fused-ring (bicyclic) bond motifs is 1. The lowest BCUT2D eigenvalue weighted by Crippen LogP contribution is -2.43. The first-order valence-corrected chi connectivity index (χ1v) is 13.1. The van der Waals surface area contributed by atoms with Gasteiger partial charge in [0, 0.05) is 5.56 Å². The van der Waals surface area contributed by atoms with Crippen LogP contribution in [0.15, 0.2) is 24.3 Å². The van der Waals surface area contributed by atoms with Gasteiger partial charge in [0.2, 0.25) is 5.91 Å². The Balaban J connectivity index is 1.44. The lowest BCUT2D eigenvalue weighted by Gasteiger charge is -2.38. The SMILES string of the molecule is Cc1c(C)c2c(c(C)c1OC(C)(C)C(=O)O)CCC(C)(COc1ccc(CC3SC(=O)NC3=O)cc1)O2. The van der Waals surface area contributed by atoms with Crippen LogP contribution in [0.5, 0.6) is 17.2 Å². The molecule has 2 aliphatic heterocycles. The second kappa shape index (κ2) is 9.93. The van der Waals surface area contributed by atoms with Gasteiger partial charge in [0.05, 0.1) is 5.25 Å². The maximum atomic E-state index is 11.8. The molecule has 0 aromatic heterocycles. The zero-order chi connectivity index (χ0) is 27.1. The van der Waals surface area contributed by atoms with Crippen molar-refractivity contribution in [1.82, 2.24) is 5.32 Å². The Hall–Kier alpha value is -3.20. The van der Waals surface area contributed by atoms with E-state index >= 15 is 0 Å². The van der Waals surface area contributed by atoms with Gasteiger partial charge < -0.3 is 19.3 Å². The van der Waals surface area contributed by atoms with Gasteiger partial charge in [-0.25, -0.2) is 4.79 Å². The summed E-state index contributed by atoms with van der Waals surface area (Å²) in [4.78, 5) is 34.8. The van der Waals surface area contributed by atoms with Crippen LogP contribution in [0, 0.1) is 20.8 Å². The van der Waals surface area contributed by atoms with Gasteiger partial charge in [0.15, 0.2) is 5.60 Å². The van der Waals surface area contributed by atoms with Crippen LogP contribution in [-0.2, 0) is 22.4 Å². The average Bonchev–Trinajstić information content (AvgIpc) is 3.16. The molecule has 4 rings (SSSR count). The molecular weight excluding hydrogens is 494 g/mol. The highest BCUT2D eigenvalue weighted by atomic mass is 32.2. The first kappa shape index (κ1) is 26.9. The highest BCUT2D eigenvalue weighted by molar-refractivity contribution is 8.15. The maximum Gasteiger partial charge on any atom is 0.347 e. The van der Waals surface area contributed by atoms with Crippen molar-refractivity contribution < 1.29 is 33.7 Å². The molecule has 1 fully saturated rings. The molecule has 2 aromatic rings. The van der Waals surface area contributed by atoms with Gasteiger partial charge in [-0.3, -0.25) is 14.9 Å². The average molecular weight is 528 g/mol. The summed E-state index contributed by atoms with van der Waals surface area (Å²) in [6, 6.07) is 7.54. The summed E-state index contributed by atoms with van der Waals surface area (Å²) in [7, 11) is 0. The summed E-state index contributed by atoms with van der Waals surface area (Å²) in [6.07, 6.45) is 1.96. The van der Waals surface area contributed by atoms with E-state index in [1.54, 1.807) is 13.8 Å². The molecule has 0 radical (unpaired) electrons. The molecule has 2 heterocycles. The molecule has 2 amide bonds. The molecule has 0 spiro atoms. The number of carbonyl (C=O) groups excluding carboxylic acids is 2. The number of hydrogen-bond donors (Lipinski definition) is 2. The minimum absolute atomic E-state index is 0.247. The largest absolute Gasteiger partial charge is 0.489 e. The van der Waals surface area contributed by atoms with E-state index in [1.165, 1.54) is 0 Å². The fourth-order valence-corrected chi connectivity index (χ4v) is 5.39. The summed E-state index contributed by atoms with van der Waals surface area (Å²) < 4.78 is 18.6. The fourth-order valence-electron chi connectivity index (χ4n) is 4.53. The van der Waals surface area contributed by atoms with Gasteiger partial charge >= 0.3 is 5.97 Å². The van der Waals surface area contributed by atoms with E-state index in [0.717, 1.165) is 58.2 Å². The molecule has 2 unspecified atom stereocenters. The first-order valence-electron chi connectivity index (χ1n) is 12.3. The van der Waals surface area contributed by atoms with Crippen LogP contribution in [-0.4, -0.2) is 45.3 Å². The van der Waals surface area contributed by atoms with E-state index in [9.17, 15) is 19.5 Å². The van der Waals surface area contributed by atoms with Crippen LogP contribution < -0.4 is 19.5 Å². The Morgan fingerprint density at radius 1 is 1.16 bits per heavy atom. The van der Waals surface area contributed by atoms with E-state index in [1.807, 2.05) is 52.0 Å². The van der Waals surface area contributed by atoms with Crippen molar-refractivity contribution in [2.75, 3.05) is 6.61 Å². The molecule has 198 valence electrons. The molecule has 2 aliphatic rings. The number of ether oxygens (including phenoxy) is 3. The van der Waals surface area contributed by atoms with Crippen LogP contribution in [0.25, 0.3) is 0 Å². The topological polar surface area (TPSA) is 111 Å². The number of thioether (sulfide) groups is 1. The number of carbonyl (C=O) groups is 3. The number of aliphatic carboxylic acids is 1. The van der Waals surface area contributed by atoms with E-state index in [-0.39, 0.29) is 11.1 Å². The van der Waals surface area contributed by atoms with E-state index in [4.69, 9.17) is 14.2 Å². The molecule has 8 nitrogen and oxygen atoms in total. The molecule has 9 heteroatoms. The minimum Gasteiger partial charge on any atom is -0.489 e. The molecular formula is C28H33NO7S. The van der Waals surface area contributed by atoms with Crippen molar-refractivity contribution in [2.24, 2.45) is 0 Å². The van der Waals surface area contributed by atoms with Gasteiger partial charge in [-0.05, 0) is 95.2 Å². The summed E-state index contributed by atoms with van der Waals surface area (Å²) in [5.41, 5.74) is 2.80. The third-order valence-corrected chi connectivity index (χ3v) is 8.07. The number of amides is 2. The lowest BCUT2D eigenvalue weighted by molar-refractivity contribution is -0.152. The Kier molecular flexibility index (Phi) is 7.21. The van der Waals surface area contributed by atoms with Gasteiger partial charge in [-0.2, -0.15) is 0 Å². The fraction of sp³-hybridized carbons (Fsp3) is 0.464. The normalized spacial score (nSPS) is 21.2. The number of carboxylic acid groups (broad SMARTS) is 1. The van der Waals surface area contributed by atoms with Crippen LogP contribution in [0.3, 0.4) is 0 Å². The Morgan fingerprint density at radius 2 is 1.84 bits per heavy atom. The number of benzene rings is 2. The summed E-state index contributed by atoms with van der Waals surface area (Å²) in [6.45, 7) is 11.3. The van der Waals surface area contributed by atoms with Crippen LogP contribution in [0.4, 0.5) is 4.79 Å². The van der Waals surface area contributed by atoms with E-state index in [0.29, 0.717) is 24.5 Å². The van der Waals surface area contributed by atoms with Gasteiger partial charge in [0.1, 0.15) is 29.5 Å². The number of carboxylic acids is 1. The molecule has 2 N–H and O–H groups in total. The zero-order valence-corrected chi connectivity index (χ0v) is 22.8. The molecule has 0 saturated carbocycles. The number of nitrogens with one attached hydrogen (secondary N) is 1. The Morgan fingerprint density at radius 3 is 2.43 bits per heavy atom. The minimum atomic E-state index is -1.34. The van der Waals surface area contributed by atoms with Gasteiger partial charge in [-0.1, -0.05) is 23.9 Å². The standard InChI is InChI=1S/C28H33NO7S/c1-15-16(2)23-20(17(3)22(15)35-27(4,5)25(31)32)11-12-28(6,36-23)14-34-19-9-7-18(8-10-19)13-21-24(30)29-26(33)37-21/h7-10,21H,11-14H2,1-6H3,(H,31,32)(H,29,30,33). The number of hydrogen-bond acceptors (Lipinski definition) is 7. The quantitative estimate of drug-likeness (QED) is 0.498. The lowest BCUT2D eigenvalue weighted by atomic mass is 9.87. The predicted molar refractivity (Wildman–Crippen MR) is 141 cm³/mol. The third-order valence-electron chi connectivity index (χ3n) is 7.09.